The van der Waals surface area contributed by atoms with Gasteiger partial charge in [-0.15, -0.1) is 0 Å². The van der Waals surface area contributed by atoms with Gasteiger partial charge in [0.25, 0.3) is 0 Å². The molecule has 2 heterocycles. The van der Waals surface area contributed by atoms with Crippen molar-refractivity contribution in [3.8, 4) is 0 Å². The molecule has 1 N–H and O–H groups in total. The maximum Gasteiger partial charge on any atom is 0.222 e. The second-order valence-electron chi connectivity index (χ2n) is 5.80. The van der Waals surface area contributed by atoms with E-state index in [1.54, 1.807) is 6.33 Å². The van der Waals surface area contributed by atoms with Crippen LogP contribution in [-0.4, -0.2) is 14.8 Å². The van der Waals surface area contributed by atoms with Gasteiger partial charge in [0.15, 0.2) is 0 Å². The van der Waals surface area contributed by atoms with Gasteiger partial charge in [-0.05, 0) is 24.5 Å². The van der Waals surface area contributed by atoms with Crippen LogP contribution in [0.4, 0.5) is 5.95 Å². The van der Waals surface area contributed by atoms with Crippen molar-refractivity contribution in [2.75, 3.05) is 5.32 Å². The summed E-state index contributed by atoms with van der Waals surface area (Å²) in [6, 6.07) is 19.7. The molecule has 0 unspecified atom stereocenters. The molecule has 1 aromatic heterocycles. The Hall–Kier alpha value is -2.62. The summed E-state index contributed by atoms with van der Waals surface area (Å²) in [5, 5.41) is 7.91. The molecule has 0 aliphatic carbocycles. The third-order valence-electron chi connectivity index (χ3n) is 4.26. The van der Waals surface area contributed by atoms with Crippen LogP contribution in [0.3, 0.4) is 0 Å². The van der Waals surface area contributed by atoms with Crippen LogP contribution >= 0.6 is 0 Å². The summed E-state index contributed by atoms with van der Waals surface area (Å²) in [5.41, 5.74) is 3.84. The Morgan fingerprint density at radius 3 is 2.68 bits per heavy atom. The lowest BCUT2D eigenvalue weighted by Gasteiger charge is -2.32. The van der Waals surface area contributed by atoms with Crippen LogP contribution in [0.5, 0.6) is 0 Å². The van der Waals surface area contributed by atoms with Crippen LogP contribution in [0.15, 0.2) is 60.9 Å². The zero-order valence-electron chi connectivity index (χ0n) is 12.5. The Kier molecular flexibility index (Phi) is 3.15. The third-order valence-corrected chi connectivity index (χ3v) is 4.26. The van der Waals surface area contributed by atoms with E-state index in [0.29, 0.717) is 0 Å². The first-order chi connectivity index (χ1) is 10.8. The van der Waals surface area contributed by atoms with Gasteiger partial charge >= 0.3 is 0 Å². The van der Waals surface area contributed by atoms with Crippen molar-refractivity contribution in [1.82, 2.24) is 14.8 Å². The Morgan fingerprint density at radius 1 is 1.05 bits per heavy atom. The van der Waals surface area contributed by atoms with Crippen molar-refractivity contribution >= 4 is 5.95 Å². The lowest BCUT2D eigenvalue weighted by Crippen LogP contribution is -2.28. The average molecular weight is 290 g/mol. The molecule has 4 nitrogen and oxygen atoms in total. The zero-order chi connectivity index (χ0) is 14.9. The van der Waals surface area contributed by atoms with Crippen molar-refractivity contribution in [2.45, 2.75) is 25.4 Å². The van der Waals surface area contributed by atoms with Gasteiger partial charge in [0.2, 0.25) is 5.95 Å². The third kappa shape index (κ3) is 2.26. The van der Waals surface area contributed by atoms with Crippen molar-refractivity contribution in [2.24, 2.45) is 0 Å². The van der Waals surface area contributed by atoms with Crippen LogP contribution in [0, 0.1) is 6.92 Å². The van der Waals surface area contributed by atoms with Gasteiger partial charge in [0.05, 0.1) is 12.1 Å². The van der Waals surface area contributed by atoms with Crippen LogP contribution in [0.25, 0.3) is 0 Å². The molecular weight excluding hydrogens is 272 g/mol. The molecule has 4 rings (SSSR count). The summed E-state index contributed by atoms with van der Waals surface area (Å²) in [4.78, 5) is 4.37. The highest BCUT2D eigenvalue weighted by atomic mass is 15.4. The lowest BCUT2D eigenvalue weighted by atomic mass is 9.93. The number of rotatable bonds is 2. The fourth-order valence-corrected chi connectivity index (χ4v) is 3.18. The predicted molar refractivity (Wildman–Crippen MR) is 86.8 cm³/mol. The van der Waals surface area contributed by atoms with E-state index in [0.717, 1.165) is 12.4 Å². The van der Waals surface area contributed by atoms with E-state index in [1.165, 1.54) is 16.7 Å². The number of benzene rings is 2. The number of hydrogen-bond acceptors (Lipinski definition) is 3. The van der Waals surface area contributed by atoms with E-state index in [1.807, 2.05) is 10.7 Å². The highest BCUT2D eigenvalue weighted by Gasteiger charge is 2.29. The minimum Gasteiger partial charge on any atom is -0.348 e. The maximum atomic E-state index is 4.42. The Labute approximate surface area is 129 Å². The van der Waals surface area contributed by atoms with E-state index in [2.05, 4.69) is 70.9 Å². The molecule has 2 aromatic carbocycles. The van der Waals surface area contributed by atoms with Gasteiger partial charge in [0, 0.05) is 0 Å². The average Bonchev–Trinajstić information content (AvgIpc) is 3.03. The van der Waals surface area contributed by atoms with Crippen LogP contribution in [0.1, 0.15) is 35.2 Å². The molecule has 0 saturated heterocycles. The molecular formula is C18H18N4. The van der Waals surface area contributed by atoms with E-state index >= 15 is 0 Å². The molecule has 2 atom stereocenters. The molecule has 0 saturated carbocycles. The molecule has 4 heteroatoms. The van der Waals surface area contributed by atoms with E-state index < -0.39 is 0 Å². The minimum absolute atomic E-state index is 0.212. The molecule has 1 aliphatic rings. The van der Waals surface area contributed by atoms with E-state index in [4.69, 9.17) is 0 Å². The largest absolute Gasteiger partial charge is 0.348 e. The highest BCUT2D eigenvalue weighted by molar-refractivity contribution is 5.38. The van der Waals surface area contributed by atoms with Crippen molar-refractivity contribution < 1.29 is 0 Å². The molecule has 0 radical (unpaired) electrons. The molecule has 22 heavy (non-hydrogen) atoms. The van der Waals surface area contributed by atoms with Gasteiger partial charge in [-0.3, -0.25) is 0 Å². The summed E-state index contributed by atoms with van der Waals surface area (Å²) in [6.07, 6.45) is 2.59. The standard InChI is InChI=1S/C18H18N4/c1-13-6-5-9-15(10-13)17-11-16(14-7-3-2-4-8-14)21-18-19-12-20-22(17)18/h2-10,12,16-17H,11H2,1H3,(H,19,20,21)/t16-,17+/m0/s1. The molecule has 0 spiro atoms. The predicted octanol–water partition coefficient (Wildman–Crippen LogP) is 3.73. The molecule has 110 valence electrons. The maximum absolute atomic E-state index is 4.42. The first-order valence-electron chi connectivity index (χ1n) is 7.59. The number of anilines is 1. The Balaban J connectivity index is 1.75. The molecule has 0 amide bonds. The normalized spacial score (nSPS) is 20.2. The number of aryl methyl sites for hydroxylation is 1. The van der Waals surface area contributed by atoms with E-state index in [-0.39, 0.29) is 12.1 Å². The first-order valence-corrected chi connectivity index (χ1v) is 7.59. The lowest BCUT2D eigenvalue weighted by molar-refractivity contribution is 0.430. The Morgan fingerprint density at radius 2 is 1.86 bits per heavy atom. The zero-order valence-corrected chi connectivity index (χ0v) is 12.5. The quantitative estimate of drug-likeness (QED) is 0.782. The summed E-state index contributed by atoms with van der Waals surface area (Å²) < 4.78 is 1.99. The summed E-state index contributed by atoms with van der Waals surface area (Å²) >= 11 is 0. The van der Waals surface area contributed by atoms with Crippen LogP contribution in [0.2, 0.25) is 0 Å². The van der Waals surface area contributed by atoms with Crippen LogP contribution in [-0.2, 0) is 0 Å². The fourth-order valence-electron chi connectivity index (χ4n) is 3.18. The van der Waals surface area contributed by atoms with Gasteiger partial charge in [-0.2, -0.15) is 10.1 Å². The van der Waals surface area contributed by atoms with Gasteiger partial charge in [-0.25, -0.2) is 4.68 Å². The summed E-state index contributed by atoms with van der Waals surface area (Å²) in [7, 11) is 0. The second-order valence-corrected chi connectivity index (χ2v) is 5.80. The summed E-state index contributed by atoms with van der Waals surface area (Å²) in [6.45, 7) is 2.13. The smallest absolute Gasteiger partial charge is 0.222 e. The van der Waals surface area contributed by atoms with Crippen molar-refractivity contribution in [1.29, 1.82) is 0 Å². The summed E-state index contributed by atoms with van der Waals surface area (Å²) in [5.74, 6) is 0.839. The number of hydrogen-bond donors (Lipinski definition) is 1. The van der Waals surface area contributed by atoms with E-state index in [9.17, 15) is 0 Å². The highest BCUT2D eigenvalue weighted by Crippen LogP contribution is 2.37. The second kappa shape index (κ2) is 5.30. The molecule has 1 aliphatic heterocycles. The number of aromatic nitrogens is 3. The SMILES string of the molecule is Cc1cccc([C@H]2C[C@@H](c3ccccc3)Nc3ncnn32)c1. The number of nitrogens with one attached hydrogen (secondary N) is 1. The first kappa shape index (κ1) is 13.1. The monoisotopic (exact) mass is 290 g/mol. The van der Waals surface area contributed by atoms with Gasteiger partial charge in [0.1, 0.15) is 6.33 Å². The fraction of sp³-hybridized carbons (Fsp3) is 0.222. The topological polar surface area (TPSA) is 42.7 Å². The number of nitrogens with zero attached hydrogens (tertiary/aromatic N) is 3. The number of fused-ring (bicyclic) bond motifs is 1. The van der Waals surface area contributed by atoms with Crippen molar-refractivity contribution in [3.05, 3.63) is 77.6 Å². The minimum atomic E-state index is 0.212. The Bertz CT molecular complexity index is 779. The van der Waals surface area contributed by atoms with Crippen molar-refractivity contribution in [3.63, 3.8) is 0 Å². The van der Waals surface area contributed by atoms with Crippen LogP contribution < -0.4 is 5.32 Å². The van der Waals surface area contributed by atoms with Gasteiger partial charge in [-0.1, -0.05) is 60.2 Å². The van der Waals surface area contributed by atoms with Gasteiger partial charge < -0.3 is 5.32 Å². The molecule has 0 bridgehead atoms. The molecule has 3 aromatic rings. The molecule has 0 fully saturated rings.